The van der Waals surface area contributed by atoms with Crippen molar-refractivity contribution in [3.8, 4) is 0 Å². The molecule has 0 amide bonds. The quantitative estimate of drug-likeness (QED) is 0.792. The first kappa shape index (κ1) is 16.4. The molecule has 3 heteroatoms. The normalized spacial score (nSPS) is 14.6. The summed E-state index contributed by atoms with van der Waals surface area (Å²) < 4.78 is 12.1. The van der Waals surface area contributed by atoms with Gasteiger partial charge in [0.2, 0.25) is 0 Å². The Hall–Kier alpha value is -0.670. The molecule has 0 aliphatic heterocycles. The molecule has 1 rings (SSSR count). The van der Waals surface area contributed by atoms with Crippen molar-refractivity contribution in [1.82, 2.24) is 5.32 Å². The van der Waals surface area contributed by atoms with Crippen molar-refractivity contribution in [1.29, 1.82) is 0 Å². The van der Waals surface area contributed by atoms with Gasteiger partial charge < -0.3 is 5.32 Å². The minimum atomic E-state index is -0.741. The lowest BCUT2D eigenvalue weighted by Gasteiger charge is -2.17. The highest BCUT2D eigenvalue weighted by Crippen LogP contribution is 2.16. The number of benzene rings is 1. The van der Waals surface area contributed by atoms with Gasteiger partial charge in [0.25, 0.3) is 0 Å². The van der Waals surface area contributed by atoms with Gasteiger partial charge in [-0.2, -0.15) is 0 Å². The van der Waals surface area contributed by atoms with E-state index in [1.54, 1.807) is 0 Å². The van der Waals surface area contributed by atoms with E-state index in [1.807, 2.05) is 7.05 Å². The third-order valence-electron chi connectivity index (χ3n) is 3.41. The van der Waals surface area contributed by atoms with E-state index in [0.29, 0.717) is 11.7 Å². The van der Waals surface area contributed by atoms with Crippen LogP contribution in [0.2, 0.25) is 0 Å². The van der Waals surface area contributed by atoms with E-state index in [-0.39, 0.29) is 6.04 Å². The van der Waals surface area contributed by atoms with E-state index in [9.17, 15) is 4.21 Å². The van der Waals surface area contributed by atoms with Gasteiger partial charge in [-0.3, -0.25) is 4.21 Å². The van der Waals surface area contributed by atoms with E-state index in [2.05, 4.69) is 50.4 Å². The van der Waals surface area contributed by atoms with Crippen molar-refractivity contribution in [3.05, 3.63) is 35.4 Å². The predicted octanol–water partition coefficient (Wildman–Crippen LogP) is 3.30. The molecule has 0 heterocycles. The van der Waals surface area contributed by atoms with Crippen LogP contribution in [-0.2, 0) is 17.2 Å². The fourth-order valence-corrected chi connectivity index (χ4v) is 3.60. The van der Waals surface area contributed by atoms with Gasteiger partial charge in [-0.05, 0) is 36.9 Å². The number of nitrogens with one attached hydrogen (secondary N) is 1. The van der Waals surface area contributed by atoms with Gasteiger partial charge in [-0.25, -0.2) is 0 Å². The summed E-state index contributed by atoms with van der Waals surface area (Å²) in [5.74, 6) is 2.14. The summed E-state index contributed by atoms with van der Waals surface area (Å²) in [4.78, 5) is 0. The van der Waals surface area contributed by atoms with Gasteiger partial charge >= 0.3 is 0 Å². The largest absolute Gasteiger partial charge is 0.312 e. The summed E-state index contributed by atoms with van der Waals surface area (Å²) in [6.45, 7) is 6.51. The molecule has 0 aliphatic rings. The summed E-state index contributed by atoms with van der Waals surface area (Å²) in [7, 11) is 1.20. The summed E-state index contributed by atoms with van der Waals surface area (Å²) in [5.41, 5.74) is 2.58. The molecule has 2 nitrogen and oxygen atoms in total. The molecular weight excluding hydrogens is 254 g/mol. The molecule has 0 radical (unpaired) electrons. The van der Waals surface area contributed by atoms with Gasteiger partial charge in [0.1, 0.15) is 0 Å². The predicted molar refractivity (Wildman–Crippen MR) is 85.0 cm³/mol. The van der Waals surface area contributed by atoms with Crippen LogP contribution in [0.25, 0.3) is 0 Å². The Morgan fingerprint density at radius 3 is 2.32 bits per heavy atom. The van der Waals surface area contributed by atoms with Gasteiger partial charge in [-0.15, -0.1) is 0 Å². The second kappa shape index (κ2) is 8.49. The van der Waals surface area contributed by atoms with Crippen LogP contribution in [0.1, 0.15) is 44.4 Å². The van der Waals surface area contributed by atoms with E-state index in [4.69, 9.17) is 0 Å². The number of hydrogen-bond donors (Lipinski definition) is 1. The van der Waals surface area contributed by atoms with Gasteiger partial charge in [0.05, 0.1) is 0 Å². The van der Waals surface area contributed by atoms with Crippen LogP contribution in [-0.4, -0.2) is 22.8 Å². The molecule has 0 saturated heterocycles. The van der Waals surface area contributed by atoms with Gasteiger partial charge in [0.15, 0.2) is 0 Å². The van der Waals surface area contributed by atoms with Crippen molar-refractivity contribution in [2.45, 2.75) is 39.7 Å². The van der Waals surface area contributed by atoms with Crippen molar-refractivity contribution >= 4 is 10.8 Å². The van der Waals surface area contributed by atoms with Crippen LogP contribution < -0.4 is 5.32 Å². The van der Waals surface area contributed by atoms with E-state index in [1.165, 1.54) is 11.1 Å². The smallest absolute Gasteiger partial charge is 0.0434 e. The molecule has 0 saturated carbocycles. The minimum Gasteiger partial charge on any atom is -0.312 e. The van der Waals surface area contributed by atoms with E-state index < -0.39 is 10.8 Å². The molecule has 1 aromatic carbocycles. The first-order valence-corrected chi connectivity index (χ1v) is 8.66. The Bertz CT molecular complexity index is 386. The monoisotopic (exact) mass is 281 g/mol. The second-order valence-electron chi connectivity index (χ2n) is 5.43. The highest BCUT2D eigenvalue weighted by Gasteiger charge is 2.13. The highest BCUT2D eigenvalue weighted by atomic mass is 32.2. The Kier molecular flexibility index (Phi) is 7.32. The Morgan fingerprint density at radius 2 is 1.84 bits per heavy atom. The van der Waals surface area contributed by atoms with E-state index in [0.717, 1.165) is 18.6 Å². The lowest BCUT2D eigenvalue weighted by atomic mass is 10.1. The molecule has 2 atom stereocenters. The fraction of sp³-hybridized carbons (Fsp3) is 0.625. The van der Waals surface area contributed by atoms with Crippen LogP contribution in [0, 0.1) is 5.92 Å². The van der Waals surface area contributed by atoms with Crippen molar-refractivity contribution in [3.63, 3.8) is 0 Å². The average molecular weight is 281 g/mol. The number of hydrogen-bond acceptors (Lipinski definition) is 2. The average Bonchev–Trinajstić information content (AvgIpc) is 2.42. The third kappa shape index (κ3) is 5.87. The maximum atomic E-state index is 12.1. The number of rotatable bonds is 8. The zero-order valence-corrected chi connectivity index (χ0v) is 13.4. The van der Waals surface area contributed by atoms with Crippen LogP contribution in [0.4, 0.5) is 0 Å². The SMILES string of the molecule is CCc1ccc(C(CS(=O)CCC(C)C)NC)cc1. The molecule has 2 unspecified atom stereocenters. The van der Waals surface area contributed by atoms with E-state index >= 15 is 0 Å². The third-order valence-corrected chi connectivity index (χ3v) is 4.81. The molecule has 108 valence electrons. The highest BCUT2D eigenvalue weighted by molar-refractivity contribution is 7.85. The molecule has 1 aromatic rings. The molecule has 19 heavy (non-hydrogen) atoms. The topological polar surface area (TPSA) is 29.1 Å². The van der Waals surface area contributed by atoms with Crippen molar-refractivity contribution in [2.75, 3.05) is 18.6 Å². The summed E-state index contributed by atoms with van der Waals surface area (Å²) in [6, 6.07) is 8.83. The van der Waals surface area contributed by atoms with Crippen LogP contribution in [0.15, 0.2) is 24.3 Å². The maximum absolute atomic E-state index is 12.1. The second-order valence-corrected chi connectivity index (χ2v) is 7.05. The molecule has 0 fully saturated rings. The first-order chi connectivity index (χ1) is 9.06. The van der Waals surface area contributed by atoms with Crippen molar-refractivity contribution < 1.29 is 4.21 Å². The first-order valence-electron chi connectivity index (χ1n) is 7.17. The van der Waals surface area contributed by atoms with Gasteiger partial charge in [-0.1, -0.05) is 45.0 Å². The van der Waals surface area contributed by atoms with Gasteiger partial charge in [0, 0.05) is 28.3 Å². The molecule has 1 N–H and O–H groups in total. The van der Waals surface area contributed by atoms with Crippen LogP contribution in [0.3, 0.4) is 0 Å². The molecule has 0 aromatic heterocycles. The summed E-state index contributed by atoms with van der Waals surface area (Å²) in [6.07, 6.45) is 2.10. The molecular formula is C16H27NOS. The number of aryl methyl sites for hydroxylation is 1. The molecule has 0 aliphatic carbocycles. The van der Waals surface area contributed by atoms with Crippen LogP contribution >= 0.6 is 0 Å². The zero-order chi connectivity index (χ0) is 14.3. The fourth-order valence-electron chi connectivity index (χ4n) is 1.97. The van der Waals surface area contributed by atoms with Crippen LogP contribution in [0.5, 0.6) is 0 Å². The van der Waals surface area contributed by atoms with Crippen molar-refractivity contribution in [2.24, 2.45) is 5.92 Å². The zero-order valence-electron chi connectivity index (χ0n) is 12.6. The summed E-state index contributed by atoms with van der Waals surface area (Å²) in [5, 5.41) is 3.28. The Labute approximate surface area is 120 Å². The summed E-state index contributed by atoms with van der Waals surface area (Å²) >= 11 is 0. The lowest BCUT2D eigenvalue weighted by molar-refractivity contribution is 0.608. The maximum Gasteiger partial charge on any atom is 0.0434 e. The minimum absolute atomic E-state index is 0.193. The molecule has 0 bridgehead atoms. The lowest BCUT2D eigenvalue weighted by Crippen LogP contribution is -2.24. The Balaban J connectivity index is 2.59. The molecule has 0 spiro atoms. The standard InChI is InChI=1S/C16H27NOS/c1-5-14-6-8-15(9-7-14)16(17-4)12-19(18)11-10-13(2)3/h6-9,13,16-17H,5,10-12H2,1-4H3. The Morgan fingerprint density at radius 1 is 1.21 bits per heavy atom.